The van der Waals surface area contributed by atoms with Crippen molar-refractivity contribution in [3.8, 4) is 0 Å². The molecule has 1 atom stereocenters. The maximum absolute atomic E-state index is 2.59. The average Bonchev–Trinajstić information content (AvgIpc) is 2.12. The Hall–Kier alpha value is 0.177. The van der Waals surface area contributed by atoms with Crippen LogP contribution in [0.1, 0.15) is 34.1 Å². The summed E-state index contributed by atoms with van der Waals surface area (Å²) >= 11 is 0. The van der Waals surface area contributed by atoms with Crippen molar-refractivity contribution in [3.05, 3.63) is 0 Å². The molecule has 0 N–H and O–H groups in total. The molecule has 0 aliphatic carbocycles. The van der Waals surface area contributed by atoms with Gasteiger partial charge in [0.15, 0.2) is 0 Å². The largest absolute Gasteiger partial charge is 0.307 e. The van der Waals surface area contributed by atoms with Gasteiger partial charge in [-0.3, -0.25) is 0 Å². The highest BCUT2D eigenvalue weighted by Gasteiger charge is 2.10. The molecule has 1 nitrogen and oxygen atoms in total. The summed E-state index contributed by atoms with van der Waals surface area (Å²) in [6.07, 6.45) is 2.84. The first kappa shape index (κ1) is 12.2. The van der Waals surface area contributed by atoms with Gasteiger partial charge in [0.2, 0.25) is 0 Å². The molecule has 0 aromatic heterocycles. The standard InChI is InChI=1S/C10H25NSi/c1-5-9-12(8-4)10-11(6-2)7-3/h12H,5-10H2,1-4H3. The number of hydrogen-bond acceptors (Lipinski definition) is 1. The van der Waals surface area contributed by atoms with Crippen molar-refractivity contribution < 1.29 is 0 Å². The highest BCUT2D eigenvalue weighted by molar-refractivity contribution is 6.58. The highest BCUT2D eigenvalue weighted by Crippen LogP contribution is 2.04. The molecular formula is C10H25NSi. The van der Waals surface area contributed by atoms with Crippen molar-refractivity contribution in [2.45, 2.75) is 46.2 Å². The van der Waals surface area contributed by atoms with E-state index >= 15 is 0 Å². The van der Waals surface area contributed by atoms with E-state index in [-0.39, 0.29) is 8.80 Å². The minimum absolute atomic E-state index is 0.380. The summed E-state index contributed by atoms with van der Waals surface area (Å²) in [7, 11) is -0.380. The third-order valence-electron chi connectivity index (χ3n) is 2.69. The normalized spacial score (nSPS) is 13.8. The van der Waals surface area contributed by atoms with Gasteiger partial charge in [-0.2, -0.15) is 0 Å². The molecule has 0 aliphatic heterocycles. The molecule has 1 unspecified atom stereocenters. The predicted molar refractivity (Wildman–Crippen MR) is 60.5 cm³/mol. The van der Waals surface area contributed by atoms with E-state index in [2.05, 4.69) is 32.6 Å². The van der Waals surface area contributed by atoms with Crippen molar-refractivity contribution in [1.82, 2.24) is 4.90 Å². The van der Waals surface area contributed by atoms with Crippen LogP contribution in [-0.4, -0.2) is 33.0 Å². The van der Waals surface area contributed by atoms with Gasteiger partial charge in [-0.25, -0.2) is 0 Å². The van der Waals surface area contributed by atoms with Gasteiger partial charge in [-0.15, -0.1) is 0 Å². The minimum atomic E-state index is -0.380. The molecule has 74 valence electrons. The maximum Gasteiger partial charge on any atom is 0.0527 e. The predicted octanol–water partition coefficient (Wildman–Crippen LogP) is 2.52. The molecule has 0 fully saturated rings. The van der Waals surface area contributed by atoms with Gasteiger partial charge < -0.3 is 4.90 Å². The summed E-state index contributed by atoms with van der Waals surface area (Å²) in [6.45, 7) is 11.7. The summed E-state index contributed by atoms with van der Waals surface area (Å²) < 4.78 is 0. The van der Waals surface area contributed by atoms with Crippen LogP contribution in [0.15, 0.2) is 0 Å². The molecule has 0 radical (unpaired) electrons. The van der Waals surface area contributed by atoms with E-state index in [0.29, 0.717) is 0 Å². The molecule has 0 aromatic rings. The Kier molecular flexibility index (Phi) is 7.92. The SMILES string of the molecule is CCC[SiH](CC)CN(CC)CC. The van der Waals surface area contributed by atoms with Gasteiger partial charge in [0.1, 0.15) is 0 Å². The smallest absolute Gasteiger partial charge is 0.0527 e. The third-order valence-corrected chi connectivity index (χ3v) is 6.27. The Bertz CT molecular complexity index is 91.8. The van der Waals surface area contributed by atoms with Crippen molar-refractivity contribution in [2.75, 3.05) is 19.3 Å². The number of nitrogens with zero attached hydrogens (tertiary/aromatic N) is 1. The van der Waals surface area contributed by atoms with Crippen LogP contribution >= 0.6 is 0 Å². The van der Waals surface area contributed by atoms with Crippen molar-refractivity contribution >= 4 is 8.80 Å². The highest BCUT2D eigenvalue weighted by atomic mass is 28.3. The van der Waals surface area contributed by atoms with Crippen LogP contribution in [0.3, 0.4) is 0 Å². The van der Waals surface area contributed by atoms with Gasteiger partial charge in [0.25, 0.3) is 0 Å². The van der Waals surface area contributed by atoms with Crippen LogP contribution in [-0.2, 0) is 0 Å². The summed E-state index contributed by atoms with van der Waals surface area (Å²) in [5.74, 6) is 0. The number of hydrogen-bond donors (Lipinski definition) is 0. The van der Waals surface area contributed by atoms with E-state index in [1.54, 1.807) is 0 Å². The minimum Gasteiger partial charge on any atom is -0.307 e. The van der Waals surface area contributed by atoms with Gasteiger partial charge in [0, 0.05) is 0 Å². The van der Waals surface area contributed by atoms with E-state index < -0.39 is 0 Å². The van der Waals surface area contributed by atoms with Crippen LogP contribution in [0.5, 0.6) is 0 Å². The summed E-state index contributed by atoms with van der Waals surface area (Å²) in [6, 6.07) is 3.01. The molecule has 0 bridgehead atoms. The average molecular weight is 187 g/mol. The van der Waals surface area contributed by atoms with Crippen LogP contribution in [0.25, 0.3) is 0 Å². The molecule has 0 spiro atoms. The lowest BCUT2D eigenvalue weighted by Gasteiger charge is -2.23. The second kappa shape index (κ2) is 7.81. The summed E-state index contributed by atoms with van der Waals surface area (Å²) in [4.78, 5) is 2.59. The first-order chi connectivity index (χ1) is 5.78. The molecule has 0 saturated carbocycles. The second-order valence-corrected chi connectivity index (χ2v) is 7.04. The summed E-state index contributed by atoms with van der Waals surface area (Å²) in [5, 5.41) is 0. The van der Waals surface area contributed by atoms with Crippen LogP contribution < -0.4 is 0 Å². The lowest BCUT2D eigenvalue weighted by Crippen LogP contribution is -2.34. The molecule has 0 heterocycles. The fourth-order valence-electron chi connectivity index (χ4n) is 1.68. The molecular weight excluding hydrogens is 162 g/mol. The van der Waals surface area contributed by atoms with Crippen molar-refractivity contribution in [3.63, 3.8) is 0 Å². The molecule has 0 aromatic carbocycles. The molecule has 0 aliphatic rings. The Balaban J connectivity index is 3.65. The van der Waals surface area contributed by atoms with Crippen LogP contribution in [0.4, 0.5) is 0 Å². The first-order valence-electron chi connectivity index (χ1n) is 5.50. The Labute approximate surface area is 79.8 Å². The monoisotopic (exact) mass is 187 g/mol. The topological polar surface area (TPSA) is 3.24 Å². The van der Waals surface area contributed by atoms with Crippen molar-refractivity contribution in [1.29, 1.82) is 0 Å². The zero-order chi connectivity index (χ0) is 9.40. The quantitative estimate of drug-likeness (QED) is 0.554. The second-order valence-electron chi connectivity index (χ2n) is 3.55. The van der Waals surface area contributed by atoms with Gasteiger partial charge in [0.05, 0.1) is 8.80 Å². The molecule has 12 heavy (non-hydrogen) atoms. The molecule has 0 rings (SSSR count). The van der Waals surface area contributed by atoms with Crippen molar-refractivity contribution in [2.24, 2.45) is 0 Å². The molecule has 0 saturated heterocycles. The Morgan fingerprint density at radius 1 is 1.00 bits per heavy atom. The van der Waals surface area contributed by atoms with Gasteiger partial charge in [-0.1, -0.05) is 46.2 Å². The lowest BCUT2D eigenvalue weighted by molar-refractivity contribution is 0.349. The Morgan fingerprint density at radius 2 is 1.58 bits per heavy atom. The Morgan fingerprint density at radius 3 is 1.92 bits per heavy atom. The molecule has 0 amide bonds. The zero-order valence-electron chi connectivity index (χ0n) is 9.27. The van der Waals surface area contributed by atoms with Gasteiger partial charge in [-0.05, 0) is 19.3 Å². The molecule has 2 heteroatoms. The van der Waals surface area contributed by atoms with E-state index in [4.69, 9.17) is 0 Å². The van der Waals surface area contributed by atoms with Crippen LogP contribution in [0, 0.1) is 0 Å². The van der Waals surface area contributed by atoms with E-state index in [1.165, 1.54) is 37.8 Å². The van der Waals surface area contributed by atoms with E-state index in [9.17, 15) is 0 Å². The van der Waals surface area contributed by atoms with Crippen LogP contribution in [0.2, 0.25) is 12.1 Å². The third kappa shape index (κ3) is 4.94. The fraction of sp³-hybridized carbons (Fsp3) is 1.00. The zero-order valence-corrected chi connectivity index (χ0v) is 10.4. The number of rotatable bonds is 7. The van der Waals surface area contributed by atoms with Gasteiger partial charge >= 0.3 is 0 Å². The van der Waals surface area contributed by atoms with E-state index in [0.717, 1.165) is 0 Å². The lowest BCUT2D eigenvalue weighted by atomic mass is 10.6. The first-order valence-corrected chi connectivity index (χ1v) is 7.95. The maximum atomic E-state index is 2.59. The fourth-order valence-corrected chi connectivity index (χ4v) is 4.59. The summed E-state index contributed by atoms with van der Waals surface area (Å²) in [5.41, 5.74) is 0. The van der Waals surface area contributed by atoms with E-state index in [1.807, 2.05) is 0 Å².